The van der Waals surface area contributed by atoms with E-state index < -0.39 is 0 Å². The molecule has 2 amide bonds. The lowest BCUT2D eigenvalue weighted by atomic mass is 10.1. The minimum Gasteiger partial charge on any atom is -0.445 e. The first-order valence-electron chi connectivity index (χ1n) is 8.71. The normalized spacial score (nSPS) is 16.9. The number of likely N-dealkylation sites (tertiary alicyclic amines) is 1. The highest BCUT2D eigenvalue weighted by Gasteiger charge is 2.33. The molecule has 1 saturated heterocycles. The molecule has 1 aliphatic rings. The van der Waals surface area contributed by atoms with Gasteiger partial charge in [-0.05, 0) is 43.9 Å². The van der Waals surface area contributed by atoms with Crippen LogP contribution in [0.1, 0.15) is 38.2 Å². The van der Waals surface area contributed by atoms with E-state index in [2.05, 4.69) is 10.3 Å². The Kier molecular flexibility index (Phi) is 5.16. The minimum atomic E-state index is -0.385. The number of anilines is 1. The van der Waals surface area contributed by atoms with Gasteiger partial charge in [-0.25, -0.2) is 4.98 Å². The Labute approximate surface area is 147 Å². The number of aromatic nitrogens is 1. The Balaban J connectivity index is 1.77. The summed E-state index contributed by atoms with van der Waals surface area (Å²) in [5, 5.41) is 2.98. The molecular weight excluding hydrogens is 318 g/mol. The number of amides is 2. The second kappa shape index (κ2) is 7.51. The molecule has 0 saturated carbocycles. The number of benzene rings is 1. The van der Waals surface area contributed by atoms with E-state index in [1.165, 1.54) is 6.26 Å². The molecule has 1 aliphatic heterocycles. The molecular formula is C19H23N3O3. The third kappa shape index (κ3) is 3.57. The molecule has 1 aromatic heterocycles. The number of carbonyl (C=O) groups is 2. The molecule has 0 unspecified atom stereocenters. The molecule has 1 atom stereocenters. The number of carbonyl (C=O) groups excluding carboxylic acids is 2. The van der Waals surface area contributed by atoms with Crippen molar-refractivity contribution in [2.24, 2.45) is 0 Å². The van der Waals surface area contributed by atoms with Crippen LogP contribution in [0, 0.1) is 6.92 Å². The molecule has 0 spiro atoms. The van der Waals surface area contributed by atoms with Crippen molar-refractivity contribution in [2.45, 2.75) is 45.6 Å². The molecule has 3 rings (SSSR count). The fourth-order valence-electron chi connectivity index (χ4n) is 3.27. The Hall–Kier alpha value is -2.63. The van der Waals surface area contributed by atoms with Crippen LogP contribution in [-0.4, -0.2) is 34.3 Å². The van der Waals surface area contributed by atoms with Crippen molar-refractivity contribution in [2.75, 3.05) is 11.9 Å². The third-order valence-electron chi connectivity index (χ3n) is 4.59. The van der Waals surface area contributed by atoms with Gasteiger partial charge in [0.15, 0.2) is 0 Å². The summed E-state index contributed by atoms with van der Waals surface area (Å²) >= 11 is 0. The monoisotopic (exact) mass is 341 g/mol. The van der Waals surface area contributed by atoms with Crippen LogP contribution in [0.15, 0.2) is 35.1 Å². The fraction of sp³-hybridized carbons (Fsp3) is 0.421. The smallest absolute Gasteiger partial charge is 0.247 e. The van der Waals surface area contributed by atoms with E-state index in [4.69, 9.17) is 4.42 Å². The van der Waals surface area contributed by atoms with Gasteiger partial charge in [0.2, 0.25) is 17.7 Å². The highest BCUT2D eigenvalue weighted by molar-refractivity contribution is 5.98. The van der Waals surface area contributed by atoms with Crippen molar-refractivity contribution in [1.29, 1.82) is 0 Å². The maximum atomic E-state index is 12.7. The van der Waals surface area contributed by atoms with E-state index >= 15 is 0 Å². The van der Waals surface area contributed by atoms with Crippen LogP contribution < -0.4 is 5.32 Å². The van der Waals surface area contributed by atoms with E-state index in [1.54, 1.807) is 11.1 Å². The summed E-state index contributed by atoms with van der Waals surface area (Å²) < 4.78 is 5.36. The maximum Gasteiger partial charge on any atom is 0.247 e. The predicted octanol–water partition coefficient (Wildman–Crippen LogP) is 3.38. The first-order valence-corrected chi connectivity index (χ1v) is 8.71. The van der Waals surface area contributed by atoms with Gasteiger partial charge in [-0.2, -0.15) is 0 Å². The molecule has 25 heavy (non-hydrogen) atoms. The van der Waals surface area contributed by atoms with E-state index in [9.17, 15) is 9.59 Å². The standard InChI is InChI=1S/C19H23N3O3/c1-3-6-17(23)22-11-5-9-16(22)18(24)21-15-8-4-7-14(13(15)2)19-20-10-12-25-19/h4,7-8,10,12,16H,3,5-6,9,11H2,1-2H3,(H,21,24)/t16-/m0/s1. The minimum absolute atomic E-state index is 0.0606. The Morgan fingerprint density at radius 1 is 1.40 bits per heavy atom. The van der Waals surface area contributed by atoms with E-state index in [-0.39, 0.29) is 17.9 Å². The second-order valence-electron chi connectivity index (χ2n) is 6.30. The van der Waals surface area contributed by atoms with Gasteiger partial charge in [0.1, 0.15) is 12.3 Å². The Bertz CT molecular complexity index is 755. The van der Waals surface area contributed by atoms with Gasteiger partial charge in [-0.3, -0.25) is 9.59 Å². The molecule has 0 radical (unpaired) electrons. The van der Waals surface area contributed by atoms with Crippen LogP contribution >= 0.6 is 0 Å². The molecule has 1 N–H and O–H groups in total. The van der Waals surface area contributed by atoms with Crippen molar-refractivity contribution in [1.82, 2.24) is 9.88 Å². The van der Waals surface area contributed by atoms with Gasteiger partial charge in [0.25, 0.3) is 0 Å². The van der Waals surface area contributed by atoms with Gasteiger partial charge >= 0.3 is 0 Å². The SMILES string of the molecule is CCCC(=O)N1CCC[C@H]1C(=O)Nc1cccc(-c2ncco2)c1C. The maximum absolute atomic E-state index is 12.7. The van der Waals surface area contributed by atoms with Crippen molar-refractivity contribution < 1.29 is 14.0 Å². The van der Waals surface area contributed by atoms with E-state index in [1.807, 2.05) is 32.0 Å². The largest absolute Gasteiger partial charge is 0.445 e. The average Bonchev–Trinajstić information content (AvgIpc) is 3.28. The number of nitrogens with one attached hydrogen (secondary N) is 1. The molecule has 2 heterocycles. The zero-order chi connectivity index (χ0) is 17.8. The summed E-state index contributed by atoms with van der Waals surface area (Å²) in [4.78, 5) is 30.8. The molecule has 2 aromatic rings. The highest BCUT2D eigenvalue weighted by atomic mass is 16.3. The average molecular weight is 341 g/mol. The van der Waals surface area contributed by atoms with Gasteiger partial charge in [0, 0.05) is 24.2 Å². The zero-order valence-corrected chi connectivity index (χ0v) is 14.6. The van der Waals surface area contributed by atoms with Crippen molar-refractivity contribution >= 4 is 17.5 Å². The third-order valence-corrected chi connectivity index (χ3v) is 4.59. The summed E-state index contributed by atoms with van der Waals surface area (Å²) in [5.41, 5.74) is 2.45. The number of hydrogen-bond acceptors (Lipinski definition) is 4. The van der Waals surface area contributed by atoms with Gasteiger partial charge in [-0.1, -0.05) is 13.0 Å². The van der Waals surface area contributed by atoms with Crippen LogP contribution in [0.2, 0.25) is 0 Å². The van der Waals surface area contributed by atoms with Crippen molar-refractivity contribution in [3.8, 4) is 11.5 Å². The first kappa shape index (κ1) is 17.2. The summed E-state index contributed by atoms with van der Waals surface area (Å²) in [6.45, 7) is 4.55. The Morgan fingerprint density at radius 2 is 2.24 bits per heavy atom. The zero-order valence-electron chi connectivity index (χ0n) is 14.6. The van der Waals surface area contributed by atoms with Crippen LogP contribution in [0.3, 0.4) is 0 Å². The summed E-state index contributed by atoms with van der Waals surface area (Å²) in [6.07, 6.45) is 5.97. The molecule has 0 aliphatic carbocycles. The van der Waals surface area contributed by atoms with Crippen LogP contribution in [-0.2, 0) is 9.59 Å². The van der Waals surface area contributed by atoms with Crippen molar-refractivity contribution in [3.05, 3.63) is 36.2 Å². The fourth-order valence-corrected chi connectivity index (χ4v) is 3.27. The number of rotatable bonds is 5. The summed E-state index contributed by atoms with van der Waals surface area (Å²) in [5.74, 6) is 0.453. The van der Waals surface area contributed by atoms with E-state index in [0.29, 0.717) is 25.3 Å². The van der Waals surface area contributed by atoms with E-state index in [0.717, 1.165) is 29.7 Å². The number of nitrogens with zero attached hydrogens (tertiary/aromatic N) is 2. The lowest BCUT2D eigenvalue weighted by Crippen LogP contribution is -2.43. The first-order chi connectivity index (χ1) is 12.1. The highest BCUT2D eigenvalue weighted by Crippen LogP contribution is 2.28. The van der Waals surface area contributed by atoms with Crippen LogP contribution in [0.5, 0.6) is 0 Å². The predicted molar refractivity (Wildman–Crippen MR) is 94.9 cm³/mol. The van der Waals surface area contributed by atoms with Gasteiger partial charge < -0.3 is 14.6 Å². The number of hydrogen-bond donors (Lipinski definition) is 1. The lowest BCUT2D eigenvalue weighted by molar-refractivity contribution is -0.136. The topological polar surface area (TPSA) is 75.4 Å². The van der Waals surface area contributed by atoms with Crippen molar-refractivity contribution in [3.63, 3.8) is 0 Å². The number of oxazole rings is 1. The molecule has 1 fully saturated rings. The quantitative estimate of drug-likeness (QED) is 0.904. The second-order valence-corrected chi connectivity index (χ2v) is 6.30. The molecule has 132 valence electrons. The molecule has 6 nitrogen and oxygen atoms in total. The molecule has 0 bridgehead atoms. The lowest BCUT2D eigenvalue weighted by Gasteiger charge is -2.24. The van der Waals surface area contributed by atoms with Gasteiger partial charge in [0.05, 0.1) is 6.20 Å². The molecule has 1 aromatic carbocycles. The molecule has 6 heteroatoms. The van der Waals surface area contributed by atoms with Gasteiger partial charge in [-0.15, -0.1) is 0 Å². The van der Waals surface area contributed by atoms with Crippen LogP contribution in [0.25, 0.3) is 11.5 Å². The summed E-state index contributed by atoms with van der Waals surface area (Å²) in [6, 6.07) is 5.23. The Morgan fingerprint density at radius 3 is 2.96 bits per heavy atom. The van der Waals surface area contributed by atoms with Crippen LogP contribution in [0.4, 0.5) is 5.69 Å². The summed E-state index contributed by atoms with van der Waals surface area (Å²) in [7, 11) is 0.